The van der Waals surface area contributed by atoms with E-state index in [2.05, 4.69) is 10.3 Å². The number of alkyl carbamates (subject to hydrolysis) is 1. The van der Waals surface area contributed by atoms with Crippen molar-refractivity contribution in [1.82, 2.24) is 10.3 Å². The van der Waals surface area contributed by atoms with Gasteiger partial charge >= 0.3 is 6.09 Å². The Hall–Kier alpha value is -2.89. The molecule has 6 heteroatoms. The molecule has 6 nitrogen and oxygen atoms in total. The second kappa shape index (κ2) is 9.88. The van der Waals surface area contributed by atoms with Crippen molar-refractivity contribution in [3.8, 4) is 0 Å². The summed E-state index contributed by atoms with van der Waals surface area (Å²) in [5.74, 6) is 0.689. The molecule has 0 aliphatic carbocycles. The third-order valence-corrected chi connectivity index (χ3v) is 4.05. The second-order valence-corrected chi connectivity index (χ2v) is 7.58. The minimum Gasteiger partial charge on any atom is -0.444 e. The topological polar surface area (TPSA) is 71.5 Å². The number of rotatable bonds is 8. The zero-order chi connectivity index (χ0) is 20.6. The van der Waals surface area contributed by atoms with Gasteiger partial charge in [-0.05, 0) is 57.9 Å². The molecule has 0 fully saturated rings. The molecule has 0 atom stereocenters. The SMILES string of the molecule is CN(c1ccccc1)c1ncccc1C(=O)CCCCNC(=O)OC(C)(C)C. The number of hydrogen-bond donors (Lipinski definition) is 1. The number of ether oxygens (including phenoxy) is 1. The van der Waals surface area contributed by atoms with Crippen LogP contribution in [0.5, 0.6) is 0 Å². The van der Waals surface area contributed by atoms with E-state index in [4.69, 9.17) is 4.74 Å². The van der Waals surface area contributed by atoms with Crippen molar-refractivity contribution in [2.45, 2.75) is 45.6 Å². The normalized spacial score (nSPS) is 11.0. The summed E-state index contributed by atoms with van der Waals surface area (Å²) in [6.45, 7) is 5.95. The van der Waals surface area contributed by atoms with Crippen molar-refractivity contribution in [3.05, 3.63) is 54.2 Å². The van der Waals surface area contributed by atoms with Crippen molar-refractivity contribution in [1.29, 1.82) is 0 Å². The maximum absolute atomic E-state index is 12.7. The minimum absolute atomic E-state index is 0.0446. The van der Waals surface area contributed by atoms with Crippen LogP contribution in [0.3, 0.4) is 0 Å². The van der Waals surface area contributed by atoms with Gasteiger partial charge in [0, 0.05) is 31.9 Å². The molecule has 1 aromatic carbocycles. The smallest absolute Gasteiger partial charge is 0.407 e. The molecule has 150 valence electrons. The lowest BCUT2D eigenvalue weighted by Crippen LogP contribution is -2.33. The summed E-state index contributed by atoms with van der Waals surface area (Å²) in [5.41, 5.74) is 1.06. The molecule has 1 heterocycles. The molecule has 2 aromatic rings. The summed E-state index contributed by atoms with van der Waals surface area (Å²) in [6.07, 6.45) is 3.04. The van der Waals surface area contributed by atoms with Gasteiger partial charge in [-0.15, -0.1) is 0 Å². The third kappa shape index (κ3) is 6.68. The van der Waals surface area contributed by atoms with E-state index in [0.29, 0.717) is 37.2 Å². The van der Waals surface area contributed by atoms with Gasteiger partial charge in [-0.1, -0.05) is 18.2 Å². The van der Waals surface area contributed by atoms with Crippen LogP contribution in [-0.2, 0) is 4.74 Å². The van der Waals surface area contributed by atoms with Crippen LogP contribution in [0.1, 0.15) is 50.4 Å². The van der Waals surface area contributed by atoms with Crippen molar-refractivity contribution in [3.63, 3.8) is 0 Å². The molecule has 0 radical (unpaired) electrons. The number of nitrogens with zero attached hydrogens (tertiary/aromatic N) is 2. The molecule has 0 spiro atoms. The lowest BCUT2D eigenvalue weighted by atomic mass is 10.1. The number of para-hydroxylation sites is 1. The van der Waals surface area contributed by atoms with Crippen LogP contribution < -0.4 is 10.2 Å². The number of Topliss-reactive ketones (excluding diaryl/α,β-unsaturated/α-hetero) is 1. The highest BCUT2D eigenvalue weighted by atomic mass is 16.6. The highest BCUT2D eigenvalue weighted by molar-refractivity contribution is 6.01. The molecule has 28 heavy (non-hydrogen) atoms. The summed E-state index contributed by atoms with van der Waals surface area (Å²) in [4.78, 5) is 30.6. The first-order chi connectivity index (χ1) is 13.3. The molecule has 0 aliphatic heterocycles. The van der Waals surface area contributed by atoms with Gasteiger partial charge in [0.25, 0.3) is 0 Å². The van der Waals surface area contributed by atoms with E-state index in [1.54, 1.807) is 12.3 Å². The first-order valence-electron chi connectivity index (χ1n) is 9.52. The van der Waals surface area contributed by atoms with Gasteiger partial charge in [0.2, 0.25) is 0 Å². The molecule has 1 aromatic heterocycles. The van der Waals surface area contributed by atoms with Gasteiger partial charge in [-0.25, -0.2) is 9.78 Å². The standard InChI is InChI=1S/C22H29N3O3/c1-22(2,3)28-21(27)24-15-9-8-14-19(26)18-13-10-16-23-20(18)25(4)17-11-6-5-7-12-17/h5-7,10-13,16H,8-9,14-15H2,1-4H3,(H,24,27). The summed E-state index contributed by atoms with van der Waals surface area (Å²) in [5, 5.41) is 2.71. The van der Waals surface area contributed by atoms with Gasteiger partial charge in [-0.3, -0.25) is 4.79 Å². The van der Waals surface area contributed by atoms with Crippen molar-refractivity contribution >= 4 is 23.4 Å². The zero-order valence-electron chi connectivity index (χ0n) is 17.1. The van der Waals surface area contributed by atoms with Gasteiger partial charge in [0.05, 0.1) is 5.56 Å². The Morgan fingerprint density at radius 3 is 2.46 bits per heavy atom. The van der Waals surface area contributed by atoms with Crippen molar-refractivity contribution in [2.75, 3.05) is 18.5 Å². The maximum atomic E-state index is 12.7. The molecule has 0 unspecified atom stereocenters. The average molecular weight is 383 g/mol. The van der Waals surface area contributed by atoms with Crippen LogP contribution in [-0.4, -0.2) is 36.1 Å². The zero-order valence-corrected chi connectivity index (χ0v) is 17.1. The third-order valence-electron chi connectivity index (χ3n) is 4.05. The summed E-state index contributed by atoms with van der Waals surface area (Å²) < 4.78 is 5.19. The molecule has 0 bridgehead atoms. The van der Waals surface area contributed by atoms with E-state index in [1.807, 2.05) is 69.1 Å². The Bertz CT molecular complexity index is 785. The Balaban J connectivity index is 1.87. The van der Waals surface area contributed by atoms with Crippen molar-refractivity contribution in [2.24, 2.45) is 0 Å². The highest BCUT2D eigenvalue weighted by Gasteiger charge is 2.17. The number of unbranched alkanes of at least 4 members (excludes halogenated alkanes) is 1. The number of pyridine rings is 1. The van der Waals surface area contributed by atoms with Crippen LogP contribution >= 0.6 is 0 Å². The predicted molar refractivity (Wildman–Crippen MR) is 111 cm³/mol. The predicted octanol–water partition coefficient (Wildman–Crippen LogP) is 4.73. The second-order valence-electron chi connectivity index (χ2n) is 7.58. The molecule has 1 amide bonds. The van der Waals surface area contributed by atoms with E-state index in [9.17, 15) is 9.59 Å². The van der Waals surface area contributed by atoms with E-state index in [-0.39, 0.29) is 5.78 Å². The molecular weight excluding hydrogens is 354 g/mol. The van der Waals surface area contributed by atoms with Gasteiger partial charge in [0.15, 0.2) is 5.78 Å². The summed E-state index contributed by atoms with van der Waals surface area (Å²) in [6, 6.07) is 13.4. The number of ketones is 1. The largest absolute Gasteiger partial charge is 0.444 e. The van der Waals surface area contributed by atoms with Crippen LogP contribution in [0.25, 0.3) is 0 Å². The summed E-state index contributed by atoms with van der Waals surface area (Å²) >= 11 is 0. The first-order valence-corrected chi connectivity index (χ1v) is 9.52. The number of nitrogens with one attached hydrogen (secondary N) is 1. The number of aromatic nitrogens is 1. The van der Waals surface area contributed by atoms with Crippen LogP contribution in [0.4, 0.5) is 16.3 Å². The highest BCUT2D eigenvalue weighted by Crippen LogP contribution is 2.25. The van der Waals surface area contributed by atoms with E-state index >= 15 is 0 Å². The monoisotopic (exact) mass is 383 g/mol. The number of carbonyl (C=O) groups excluding carboxylic acids is 2. The molecule has 1 N–H and O–H groups in total. The Kier molecular flexibility index (Phi) is 7.55. The van der Waals surface area contributed by atoms with E-state index in [0.717, 1.165) is 5.69 Å². The van der Waals surface area contributed by atoms with E-state index < -0.39 is 11.7 Å². The Morgan fingerprint density at radius 1 is 1.07 bits per heavy atom. The number of amides is 1. The van der Waals surface area contributed by atoms with Crippen LogP contribution in [0, 0.1) is 0 Å². The van der Waals surface area contributed by atoms with E-state index in [1.165, 1.54) is 0 Å². The number of anilines is 2. The summed E-state index contributed by atoms with van der Waals surface area (Å²) in [7, 11) is 1.90. The molecule has 2 rings (SSSR count). The Labute approximate surface area is 166 Å². The maximum Gasteiger partial charge on any atom is 0.407 e. The molecule has 0 saturated heterocycles. The van der Waals surface area contributed by atoms with Crippen LogP contribution in [0.15, 0.2) is 48.7 Å². The lowest BCUT2D eigenvalue weighted by molar-refractivity contribution is 0.0527. The minimum atomic E-state index is -0.512. The average Bonchev–Trinajstić information content (AvgIpc) is 2.66. The first kappa shape index (κ1) is 21.4. The van der Waals surface area contributed by atoms with Gasteiger partial charge in [-0.2, -0.15) is 0 Å². The fourth-order valence-corrected chi connectivity index (χ4v) is 2.71. The number of benzene rings is 1. The fraction of sp³-hybridized carbons (Fsp3) is 0.409. The quantitative estimate of drug-likeness (QED) is 0.527. The number of carbonyl (C=O) groups is 2. The lowest BCUT2D eigenvalue weighted by Gasteiger charge is -2.20. The molecule has 0 aliphatic rings. The fourth-order valence-electron chi connectivity index (χ4n) is 2.71. The van der Waals surface area contributed by atoms with Crippen LogP contribution in [0.2, 0.25) is 0 Å². The Morgan fingerprint density at radius 2 is 1.79 bits per heavy atom. The van der Waals surface area contributed by atoms with Gasteiger partial charge in [0.1, 0.15) is 11.4 Å². The molecule has 0 saturated carbocycles. The van der Waals surface area contributed by atoms with Gasteiger partial charge < -0.3 is 15.0 Å². The van der Waals surface area contributed by atoms with Crippen molar-refractivity contribution < 1.29 is 14.3 Å². The number of hydrogen-bond acceptors (Lipinski definition) is 5. The molecular formula is C22H29N3O3.